The first-order valence-corrected chi connectivity index (χ1v) is 9.05. The number of nitrogens with two attached hydrogens (primary N) is 1. The van der Waals surface area contributed by atoms with E-state index < -0.39 is 5.91 Å². The van der Waals surface area contributed by atoms with Crippen LogP contribution in [0.5, 0.6) is 0 Å². The van der Waals surface area contributed by atoms with Crippen LogP contribution in [0.4, 0.5) is 10.2 Å². The number of carbonyl (C=O) groups excluding carboxylic acids is 1. The van der Waals surface area contributed by atoms with Gasteiger partial charge in [0.25, 0.3) is 5.91 Å². The largest absolute Gasteiger partial charge is 0.364 e. The van der Waals surface area contributed by atoms with Gasteiger partial charge in [-0.25, -0.2) is 14.4 Å². The van der Waals surface area contributed by atoms with Gasteiger partial charge in [0, 0.05) is 6.54 Å². The molecule has 0 atom stereocenters. The minimum atomic E-state index is -0.558. The van der Waals surface area contributed by atoms with Gasteiger partial charge in [-0.15, -0.1) is 10.2 Å². The summed E-state index contributed by atoms with van der Waals surface area (Å²) >= 11 is 0. The first-order chi connectivity index (χ1) is 14.1. The van der Waals surface area contributed by atoms with E-state index in [1.807, 2.05) is 13.0 Å². The molecule has 0 bridgehead atoms. The third-order valence-electron chi connectivity index (χ3n) is 4.48. The fraction of sp³-hybridized carbons (Fsp3) is 0.150. The van der Waals surface area contributed by atoms with Crippen molar-refractivity contribution < 1.29 is 9.18 Å². The highest BCUT2D eigenvalue weighted by atomic mass is 19.1. The summed E-state index contributed by atoms with van der Waals surface area (Å²) < 4.78 is 15.0. The third kappa shape index (κ3) is 3.62. The normalized spacial score (nSPS) is 11.0. The van der Waals surface area contributed by atoms with E-state index in [-0.39, 0.29) is 5.82 Å². The second-order valence-electron chi connectivity index (χ2n) is 6.39. The van der Waals surface area contributed by atoms with Crippen LogP contribution in [0.25, 0.3) is 17.0 Å². The molecule has 0 unspecified atom stereocenters. The van der Waals surface area contributed by atoms with Crippen LogP contribution >= 0.6 is 0 Å². The summed E-state index contributed by atoms with van der Waals surface area (Å²) in [5.74, 6) is 0.00987. The van der Waals surface area contributed by atoms with Crippen LogP contribution in [0.15, 0.2) is 48.8 Å². The first-order valence-electron chi connectivity index (χ1n) is 9.05. The summed E-state index contributed by atoms with van der Waals surface area (Å²) in [4.78, 5) is 20.6. The van der Waals surface area contributed by atoms with Gasteiger partial charge in [0.15, 0.2) is 5.82 Å². The molecule has 4 aromatic rings. The third-order valence-corrected chi connectivity index (χ3v) is 4.48. The maximum absolute atomic E-state index is 13.4. The van der Waals surface area contributed by atoms with Crippen LogP contribution in [0.2, 0.25) is 0 Å². The molecule has 3 heterocycles. The molecule has 0 saturated carbocycles. The highest BCUT2D eigenvalue weighted by Crippen LogP contribution is 2.23. The van der Waals surface area contributed by atoms with Gasteiger partial charge in [-0.3, -0.25) is 9.20 Å². The van der Waals surface area contributed by atoms with Crippen molar-refractivity contribution in [2.75, 3.05) is 5.32 Å². The molecule has 0 aliphatic carbocycles. The number of anilines is 1. The lowest BCUT2D eigenvalue weighted by Crippen LogP contribution is -2.14. The van der Waals surface area contributed by atoms with Crippen molar-refractivity contribution in [2.24, 2.45) is 5.73 Å². The summed E-state index contributed by atoms with van der Waals surface area (Å²) in [6.45, 7) is 2.34. The Labute approximate surface area is 165 Å². The highest BCUT2D eigenvalue weighted by Gasteiger charge is 2.16. The zero-order chi connectivity index (χ0) is 20.4. The molecule has 3 aromatic heterocycles. The first kappa shape index (κ1) is 18.5. The Morgan fingerprint density at radius 1 is 1.21 bits per heavy atom. The van der Waals surface area contributed by atoms with Crippen molar-refractivity contribution in [3.05, 3.63) is 71.6 Å². The number of benzene rings is 1. The Kier molecular flexibility index (Phi) is 4.86. The minimum Gasteiger partial charge on any atom is -0.364 e. The van der Waals surface area contributed by atoms with Gasteiger partial charge in [0.2, 0.25) is 5.82 Å². The molecule has 1 aromatic carbocycles. The molecule has 146 valence electrons. The Morgan fingerprint density at radius 2 is 2.03 bits per heavy atom. The topological polar surface area (TPSA) is 111 Å². The van der Waals surface area contributed by atoms with Crippen LogP contribution in [-0.4, -0.2) is 30.5 Å². The fourth-order valence-corrected chi connectivity index (χ4v) is 3.05. The molecule has 0 aliphatic heterocycles. The van der Waals surface area contributed by atoms with E-state index in [1.165, 1.54) is 18.5 Å². The number of fused-ring (bicyclic) bond motifs is 1. The lowest BCUT2D eigenvalue weighted by atomic mass is 10.2. The number of amides is 1. The number of nitrogens with zero attached hydrogens (tertiary/aromatic N) is 5. The second kappa shape index (κ2) is 7.63. The number of primary amides is 1. The summed E-state index contributed by atoms with van der Waals surface area (Å²) in [7, 11) is 0. The van der Waals surface area contributed by atoms with E-state index in [2.05, 4.69) is 25.5 Å². The number of pyridine rings is 1. The number of nitrogens with one attached hydrogen (secondary N) is 1. The van der Waals surface area contributed by atoms with Gasteiger partial charge in [-0.2, -0.15) is 0 Å². The van der Waals surface area contributed by atoms with Crippen LogP contribution < -0.4 is 11.1 Å². The molecular weight excluding hydrogens is 373 g/mol. The van der Waals surface area contributed by atoms with Crippen molar-refractivity contribution >= 4 is 17.2 Å². The Morgan fingerprint density at radius 3 is 2.79 bits per heavy atom. The smallest absolute Gasteiger partial charge is 0.265 e. The van der Waals surface area contributed by atoms with Gasteiger partial charge in [0.1, 0.15) is 29.2 Å². The van der Waals surface area contributed by atoms with Crippen molar-refractivity contribution in [2.45, 2.75) is 19.9 Å². The second-order valence-corrected chi connectivity index (χ2v) is 6.39. The molecule has 0 spiro atoms. The predicted octanol–water partition coefficient (Wildman–Crippen LogP) is 2.60. The summed E-state index contributed by atoms with van der Waals surface area (Å²) in [5.41, 5.74) is 8.33. The average molecular weight is 391 g/mol. The number of rotatable bonds is 6. The zero-order valence-electron chi connectivity index (χ0n) is 15.6. The van der Waals surface area contributed by atoms with Crippen LogP contribution in [0.1, 0.15) is 28.7 Å². The average Bonchev–Trinajstić information content (AvgIpc) is 3.16. The molecule has 0 aliphatic rings. The molecule has 9 heteroatoms. The molecule has 0 radical (unpaired) electrons. The molecule has 0 fully saturated rings. The number of halogens is 1. The molecule has 29 heavy (non-hydrogen) atoms. The van der Waals surface area contributed by atoms with Crippen molar-refractivity contribution in [1.29, 1.82) is 0 Å². The number of aryl methyl sites for hydroxylation is 1. The van der Waals surface area contributed by atoms with E-state index in [0.29, 0.717) is 47.2 Å². The van der Waals surface area contributed by atoms with Crippen LogP contribution in [0, 0.1) is 5.82 Å². The lowest BCUT2D eigenvalue weighted by molar-refractivity contribution is 0.0994. The van der Waals surface area contributed by atoms with Crippen LogP contribution in [0.3, 0.4) is 0 Å². The number of carbonyl (C=O) groups is 1. The zero-order valence-corrected chi connectivity index (χ0v) is 15.6. The molecule has 8 nitrogen and oxygen atoms in total. The van der Waals surface area contributed by atoms with Crippen molar-refractivity contribution in [3.8, 4) is 11.5 Å². The standard InChI is InChI=1S/C20H18FN7O/c1-2-14-19(23-10-12-5-3-6-13(21)9-12)25-20(27-26-14)17-15-7-4-8-16(18(22)29)28(15)11-24-17/h3-9,11H,2,10H2,1H3,(H2,22,29)(H,23,25,27). The molecular formula is C20H18FN7O. The van der Waals surface area contributed by atoms with Gasteiger partial charge in [-0.05, 0) is 36.2 Å². The summed E-state index contributed by atoms with van der Waals surface area (Å²) in [5, 5.41) is 11.6. The van der Waals surface area contributed by atoms with Gasteiger partial charge < -0.3 is 11.1 Å². The van der Waals surface area contributed by atoms with Gasteiger partial charge in [-0.1, -0.05) is 25.1 Å². The van der Waals surface area contributed by atoms with E-state index in [9.17, 15) is 9.18 Å². The van der Waals surface area contributed by atoms with E-state index >= 15 is 0 Å². The number of imidazole rings is 1. The molecule has 0 saturated heterocycles. The number of hydrogen-bond acceptors (Lipinski definition) is 6. The molecule has 4 rings (SSSR count). The quantitative estimate of drug-likeness (QED) is 0.523. The van der Waals surface area contributed by atoms with E-state index in [0.717, 1.165) is 5.56 Å². The van der Waals surface area contributed by atoms with Crippen molar-refractivity contribution in [1.82, 2.24) is 24.6 Å². The Hall–Kier alpha value is -3.88. The highest BCUT2D eigenvalue weighted by molar-refractivity contribution is 5.92. The Bertz CT molecular complexity index is 1200. The van der Waals surface area contributed by atoms with Gasteiger partial charge in [0.05, 0.1) is 5.52 Å². The molecule has 3 N–H and O–H groups in total. The van der Waals surface area contributed by atoms with E-state index in [1.54, 1.807) is 28.7 Å². The van der Waals surface area contributed by atoms with Crippen molar-refractivity contribution in [3.63, 3.8) is 0 Å². The Balaban J connectivity index is 1.70. The summed E-state index contributed by atoms with van der Waals surface area (Å²) in [6, 6.07) is 11.5. The van der Waals surface area contributed by atoms with Gasteiger partial charge >= 0.3 is 0 Å². The SMILES string of the molecule is CCc1nnc(-c2ncn3c(C(N)=O)cccc23)nc1NCc1cccc(F)c1. The maximum Gasteiger partial charge on any atom is 0.265 e. The molecule has 1 amide bonds. The fourth-order valence-electron chi connectivity index (χ4n) is 3.05. The number of aromatic nitrogens is 5. The number of hydrogen-bond donors (Lipinski definition) is 2. The minimum absolute atomic E-state index is 0.295. The maximum atomic E-state index is 13.4. The predicted molar refractivity (Wildman–Crippen MR) is 106 cm³/mol. The van der Waals surface area contributed by atoms with Crippen LogP contribution in [-0.2, 0) is 13.0 Å². The monoisotopic (exact) mass is 391 g/mol. The summed E-state index contributed by atoms with van der Waals surface area (Å²) in [6.07, 6.45) is 2.13. The van der Waals surface area contributed by atoms with E-state index in [4.69, 9.17) is 5.73 Å². The lowest BCUT2D eigenvalue weighted by Gasteiger charge is -2.10.